The molecular formula is C21H28N4O. The highest BCUT2D eigenvalue weighted by Crippen LogP contribution is 2.21. The van der Waals surface area contributed by atoms with Gasteiger partial charge in [-0.2, -0.15) is 0 Å². The van der Waals surface area contributed by atoms with Crippen LogP contribution in [0.4, 0.5) is 5.82 Å². The zero-order valence-corrected chi connectivity index (χ0v) is 16.0. The number of carbonyl (C=O) groups is 1. The number of anilines is 1. The van der Waals surface area contributed by atoms with Gasteiger partial charge in [0, 0.05) is 43.9 Å². The fourth-order valence-electron chi connectivity index (χ4n) is 3.49. The van der Waals surface area contributed by atoms with Crippen molar-refractivity contribution in [3.63, 3.8) is 0 Å². The Hall–Kier alpha value is -2.43. The van der Waals surface area contributed by atoms with E-state index >= 15 is 0 Å². The zero-order valence-electron chi connectivity index (χ0n) is 16.0. The molecule has 0 saturated carbocycles. The van der Waals surface area contributed by atoms with Gasteiger partial charge in [0.25, 0.3) is 0 Å². The molecule has 1 amide bonds. The lowest BCUT2D eigenvalue weighted by molar-refractivity contribution is -0.130. The average molecular weight is 352 g/mol. The molecule has 1 saturated heterocycles. The van der Waals surface area contributed by atoms with Gasteiger partial charge in [-0.15, -0.1) is 0 Å². The SMILES string of the molecule is Cc1nc(C)c(C)c(N2CCCN(C(=O)CCc3ccccc3)CC2)n1. The number of amides is 1. The van der Waals surface area contributed by atoms with Gasteiger partial charge in [0.15, 0.2) is 0 Å². The number of aryl methyl sites for hydroxylation is 3. The van der Waals surface area contributed by atoms with Gasteiger partial charge in [-0.1, -0.05) is 30.3 Å². The van der Waals surface area contributed by atoms with Crippen LogP contribution >= 0.6 is 0 Å². The summed E-state index contributed by atoms with van der Waals surface area (Å²) in [4.78, 5) is 26.0. The molecule has 3 rings (SSSR count). The quantitative estimate of drug-likeness (QED) is 0.848. The summed E-state index contributed by atoms with van der Waals surface area (Å²) in [6.45, 7) is 9.39. The molecular weight excluding hydrogens is 324 g/mol. The smallest absolute Gasteiger partial charge is 0.222 e. The van der Waals surface area contributed by atoms with Crippen LogP contribution in [0.2, 0.25) is 0 Å². The summed E-state index contributed by atoms with van der Waals surface area (Å²) in [5, 5.41) is 0. The molecule has 1 aliphatic rings. The molecule has 26 heavy (non-hydrogen) atoms. The van der Waals surface area contributed by atoms with Crippen molar-refractivity contribution in [2.75, 3.05) is 31.1 Å². The van der Waals surface area contributed by atoms with Crippen molar-refractivity contribution in [2.24, 2.45) is 0 Å². The van der Waals surface area contributed by atoms with Gasteiger partial charge < -0.3 is 9.80 Å². The minimum atomic E-state index is 0.252. The lowest BCUT2D eigenvalue weighted by Gasteiger charge is -2.25. The Labute approximate surface area is 156 Å². The van der Waals surface area contributed by atoms with Crippen LogP contribution in [-0.4, -0.2) is 47.0 Å². The minimum Gasteiger partial charge on any atom is -0.354 e. The minimum absolute atomic E-state index is 0.252. The second-order valence-corrected chi connectivity index (χ2v) is 7.01. The maximum absolute atomic E-state index is 12.6. The van der Waals surface area contributed by atoms with Gasteiger partial charge in [0.1, 0.15) is 11.6 Å². The summed E-state index contributed by atoms with van der Waals surface area (Å²) >= 11 is 0. The van der Waals surface area contributed by atoms with Crippen LogP contribution in [0, 0.1) is 20.8 Å². The largest absolute Gasteiger partial charge is 0.354 e. The van der Waals surface area contributed by atoms with Crippen molar-refractivity contribution in [1.29, 1.82) is 0 Å². The number of rotatable bonds is 4. The van der Waals surface area contributed by atoms with Crippen molar-refractivity contribution < 1.29 is 4.79 Å². The molecule has 0 N–H and O–H groups in total. The molecule has 1 aromatic carbocycles. The maximum Gasteiger partial charge on any atom is 0.222 e. The summed E-state index contributed by atoms with van der Waals surface area (Å²) in [7, 11) is 0. The summed E-state index contributed by atoms with van der Waals surface area (Å²) in [5.74, 6) is 2.08. The average Bonchev–Trinajstić information content (AvgIpc) is 2.90. The lowest BCUT2D eigenvalue weighted by Crippen LogP contribution is -2.35. The summed E-state index contributed by atoms with van der Waals surface area (Å²) in [5.41, 5.74) is 3.40. The molecule has 5 nitrogen and oxygen atoms in total. The monoisotopic (exact) mass is 352 g/mol. The Balaban J connectivity index is 1.60. The van der Waals surface area contributed by atoms with Crippen LogP contribution in [0.15, 0.2) is 30.3 Å². The summed E-state index contributed by atoms with van der Waals surface area (Å²) in [6, 6.07) is 10.2. The van der Waals surface area contributed by atoms with Gasteiger partial charge in [-0.25, -0.2) is 9.97 Å². The van der Waals surface area contributed by atoms with Crippen molar-refractivity contribution in [3.8, 4) is 0 Å². The van der Waals surface area contributed by atoms with E-state index in [1.54, 1.807) is 0 Å². The van der Waals surface area contributed by atoms with Gasteiger partial charge in [0.2, 0.25) is 5.91 Å². The Morgan fingerprint density at radius 2 is 1.77 bits per heavy atom. The van der Waals surface area contributed by atoms with E-state index in [1.807, 2.05) is 36.9 Å². The van der Waals surface area contributed by atoms with Crippen molar-refractivity contribution >= 4 is 11.7 Å². The molecule has 2 heterocycles. The highest BCUT2D eigenvalue weighted by Gasteiger charge is 2.21. The highest BCUT2D eigenvalue weighted by atomic mass is 16.2. The third-order valence-corrected chi connectivity index (χ3v) is 5.09. The van der Waals surface area contributed by atoms with Crippen LogP contribution < -0.4 is 4.90 Å². The first kappa shape index (κ1) is 18.4. The molecule has 5 heteroatoms. The third-order valence-electron chi connectivity index (χ3n) is 5.09. The number of benzene rings is 1. The summed E-state index contributed by atoms with van der Waals surface area (Å²) < 4.78 is 0. The standard InChI is InChI=1S/C21H28N4O/c1-16-17(2)22-18(3)23-21(16)25-13-7-12-24(14-15-25)20(26)11-10-19-8-5-4-6-9-19/h4-6,8-9H,7,10-15H2,1-3H3. The first-order valence-electron chi connectivity index (χ1n) is 9.43. The van der Waals surface area contributed by atoms with Gasteiger partial charge in [-0.3, -0.25) is 4.79 Å². The van der Waals surface area contributed by atoms with E-state index in [0.717, 1.165) is 61.9 Å². The predicted octanol–water partition coefficient (Wildman–Crippen LogP) is 3.07. The first-order chi connectivity index (χ1) is 12.5. The van der Waals surface area contributed by atoms with E-state index in [-0.39, 0.29) is 5.91 Å². The van der Waals surface area contributed by atoms with E-state index in [1.165, 1.54) is 5.56 Å². The number of hydrogen-bond donors (Lipinski definition) is 0. The molecule has 0 radical (unpaired) electrons. The molecule has 1 fully saturated rings. The number of nitrogens with zero attached hydrogens (tertiary/aromatic N) is 4. The third kappa shape index (κ3) is 4.40. The van der Waals surface area contributed by atoms with Crippen LogP contribution in [-0.2, 0) is 11.2 Å². The predicted molar refractivity (Wildman–Crippen MR) is 104 cm³/mol. The molecule has 1 aromatic heterocycles. The summed E-state index contributed by atoms with van der Waals surface area (Å²) in [6.07, 6.45) is 2.36. The zero-order chi connectivity index (χ0) is 18.5. The molecule has 0 bridgehead atoms. The maximum atomic E-state index is 12.6. The van der Waals surface area contributed by atoms with Crippen LogP contribution in [0.3, 0.4) is 0 Å². The second kappa shape index (κ2) is 8.30. The van der Waals surface area contributed by atoms with Gasteiger partial charge in [0.05, 0.1) is 0 Å². The molecule has 0 aliphatic carbocycles. The van der Waals surface area contributed by atoms with E-state index in [9.17, 15) is 4.79 Å². The fraction of sp³-hybridized carbons (Fsp3) is 0.476. The van der Waals surface area contributed by atoms with Gasteiger partial charge >= 0.3 is 0 Å². The van der Waals surface area contributed by atoms with Crippen molar-refractivity contribution in [1.82, 2.24) is 14.9 Å². The van der Waals surface area contributed by atoms with Crippen molar-refractivity contribution in [3.05, 3.63) is 53.0 Å². The Morgan fingerprint density at radius 3 is 2.54 bits per heavy atom. The number of aromatic nitrogens is 2. The Kier molecular flexibility index (Phi) is 5.86. The normalized spacial score (nSPS) is 15.0. The molecule has 2 aromatic rings. The van der Waals surface area contributed by atoms with E-state index in [0.29, 0.717) is 6.42 Å². The highest BCUT2D eigenvalue weighted by molar-refractivity contribution is 5.76. The molecule has 0 atom stereocenters. The van der Waals surface area contributed by atoms with Crippen LogP contribution in [0.1, 0.15) is 35.5 Å². The van der Waals surface area contributed by atoms with E-state index < -0.39 is 0 Å². The molecule has 138 valence electrons. The first-order valence-corrected chi connectivity index (χ1v) is 9.43. The number of hydrogen-bond acceptors (Lipinski definition) is 4. The van der Waals surface area contributed by atoms with Crippen molar-refractivity contribution in [2.45, 2.75) is 40.0 Å². The second-order valence-electron chi connectivity index (χ2n) is 7.01. The van der Waals surface area contributed by atoms with E-state index in [4.69, 9.17) is 0 Å². The molecule has 1 aliphatic heterocycles. The molecule has 0 spiro atoms. The Bertz CT molecular complexity index is 760. The molecule has 0 unspecified atom stereocenters. The lowest BCUT2D eigenvalue weighted by atomic mass is 10.1. The topological polar surface area (TPSA) is 49.3 Å². The van der Waals surface area contributed by atoms with Crippen LogP contribution in [0.5, 0.6) is 0 Å². The van der Waals surface area contributed by atoms with Crippen LogP contribution in [0.25, 0.3) is 0 Å². The van der Waals surface area contributed by atoms with Gasteiger partial charge in [-0.05, 0) is 39.2 Å². The Morgan fingerprint density at radius 1 is 1.00 bits per heavy atom. The van der Waals surface area contributed by atoms with E-state index in [2.05, 4.69) is 33.9 Å². The number of carbonyl (C=O) groups excluding carboxylic acids is 1. The fourth-order valence-corrected chi connectivity index (χ4v) is 3.49.